The maximum absolute atomic E-state index is 9.02. The van der Waals surface area contributed by atoms with Crippen LogP contribution >= 0.6 is 0 Å². The van der Waals surface area contributed by atoms with Gasteiger partial charge in [-0.15, -0.1) is 0 Å². The first-order chi connectivity index (χ1) is 10.7. The highest BCUT2D eigenvalue weighted by molar-refractivity contribution is 5.28. The second-order valence-corrected chi connectivity index (χ2v) is 6.44. The van der Waals surface area contributed by atoms with E-state index in [2.05, 4.69) is 21.1 Å². The number of rotatable bonds is 4. The summed E-state index contributed by atoms with van der Waals surface area (Å²) in [5.41, 5.74) is 1.89. The van der Waals surface area contributed by atoms with Gasteiger partial charge in [0.25, 0.3) is 0 Å². The van der Waals surface area contributed by atoms with Crippen LogP contribution in [-0.2, 0) is 13.6 Å². The zero-order valence-corrected chi connectivity index (χ0v) is 12.7. The van der Waals surface area contributed by atoms with Gasteiger partial charge in [-0.1, -0.05) is 5.16 Å². The van der Waals surface area contributed by atoms with Crippen molar-refractivity contribution >= 4 is 0 Å². The van der Waals surface area contributed by atoms with Crippen LogP contribution in [0.3, 0.4) is 0 Å². The quantitative estimate of drug-likeness (QED) is 0.864. The monoisotopic (exact) mass is 297 g/mol. The molecular formula is C16H19N5O. The Kier molecular flexibility index (Phi) is 3.23. The first-order valence-electron chi connectivity index (χ1n) is 7.84. The molecule has 1 saturated carbocycles. The van der Waals surface area contributed by atoms with E-state index in [0.717, 1.165) is 37.8 Å². The van der Waals surface area contributed by atoms with Crippen molar-refractivity contribution in [1.29, 1.82) is 5.26 Å². The average molecular weight is 297 g/mol. The Labute approximate surface area is 129 Å². The van der Waals surface area contributed by atoms with Gasteiger partial charge in [-0.3, -0.25) is 4.90 Å². The van der Waals surface area contributed by atoms with Gasteiger partial charge >= 0.3 is 0 Å². The lowest BCUT2D eigenvalue weighted by atomic mass is 10.1. The summed E-state index contributed by atoms with van der Waals surface area (Å²) in [5.74, 6) is 2.59. The fourth-order valence-electron chi connectivity index (χ4n) is 3.19. The summed E-state index contributed by atoms with van der Waals surface area (Å²) in [5, 5.41) is 13.1. The fraction of sp³-hybridized carbons (Fsp3) is 0.562. The smallest absolute Gasteiger partial charge is 0.231 e. The number of nitriles is 1. The molecule has 114 valence electrons. The van der Waals surface area contributed by atoms with Crippen molar-refractivity contribution in [3.8, 4) is 6.07 Å². The van der Waals surface area contributed by atoms with Gasteiger partial charge in [0.2, 0.25) is 5.89 Å². The molecule has 4 rings (SSSR count). The zero-order chi connectivity index (χ0) is 15.1. The topological polar surface area (TPSA) is 70.9 Å². The van der Waals surface area contributed by atoms with Gasteiger partial charge in [0.05, 0.1) is 5.92 Å². The second kappa shape index (κ2) is 5.25. The lowest BCUT2D eigenvalue weighted by Gasteiger charge is -2.13. The van der Waals surface area contributed by atoms with Gasteiger partial charge in [0, 0.05) is 32.3 Å². The van der Waals surface area contributed by atoms with E-state index in [1.807, 2.05) is 23.9 Å². The number of hydrogen-bond acceptors (Lipinski definition) is 5. The van der Waals surface area contributed by atoms with Gasteiger partial charge in [0.1, 0.15) is 11.8 Å². The first-order valence-corrected chi connectivity index (χ1v) is 7.84. The lowest BCUT2D eigenvalue weighted by Crippen LogP contribution is -2.19. The third kappa shape index (κ3) is 2.53. The highest BCUT2D eigenvalue weighted by Crippen LogP contribution is 2.39. The molecule has 2 fully saturated rings. The Morgan fingerprint density at radius 1 is 1.36 bits per heavy atom. The normalized spacial score (nSPS) is 22.1. The number of likely N-dealkylation sites (tertiary alicyclic amines) is 1. The molecule has 2 aromatic heterocycles. The van der Waals surface area contributed by atoms with Crippen molar-refractivity contribution in [2.45, 2.75) is 37.6 Å². The molecule has 3 heterocycles. The summed E-state index contributed by atoms with van der Waals surface area (Å²) < 4.78 is 7.33. The van der Waals surface area contributed by atoms with Crippen molar-refractivity contribution in [1.82, 2.24) is 19.6 Å². The van der Waals surface area contributed by atoms with Crippen molar-refractivity contribution in [2.24, 2.45) is 7.05 Å². The molecule has 6 nitrogen and oxygen atoms in total. The van der Waals surface area contributed by atoms with Crippen LogP contribution in [0.4, 0.5) is 0 Å². The zero-order valence-electron chi connectivity index (χ0n) is 12.7. The lowest BCUT2D eigenvalue weighted by molar-refractivity contribution is 0.308. The summed E-state index contributed by atoms with van der Waals surface area (Å²) in [6, 6.07) is 4.17. The predicted molar refractivity (Wildman–Crippen MR) is 79.0 cm³/mol. The molecule has 1 saturated heterocycles. The molecule has 2 aromatic rings. The maximum atomic E-state index is 9.02. The summed E-state index contributed by atoms with van der Waals surface area (Å²) in [7, 11) is 1.91. The van der Waals surface area contributed by atoms with Crippen LogP contribution < -0.4 is 0 Å². The third-order valence-corrected chi connectivity index (χ3v) is 4.60. The molecule has 0 spiro atoms. The van der Waals surface area contributed by atoms with Crippen LogP contribution in [0.2, 0.25) is 0 Å². The Morgan fingerprint density at radius 2 is 2.23 bits per heavy atom. The summed E-state index contributed by atoms with van der Waals surface area (Å²) in [4.78, 5) is 6.97. The van der Waals surface area contributed by atoms with Crippen LogP contribution in [0.1, 0.15) is 54.1 Å². The van der Waals surface area contributed by atoms with Gasteiger partial charge in [0.15, 0.2) is 5.82 Å². The van der Waals surface area contributed by atoms with E-state index in [9.17, 15) is 0 Å². The first kappa shape index (κ1) is 13.5. The molecule has 6 heteroatoms. The number of hydrogen-bond donors (Lipinski definition) is 0. The van der Waals surface area contributed by atoms with Crippen LogP contribution in [0.25, 0.3) is 0 Å². The minimum Gasteiger partial charge on any atom is -0.342 e. The molecule has 0 bridgehead atoms. The van der Waals surface area contributed by atoms with Gasteiger partial charge < -0.3 is 9.09 Å². The minimum atomic E-state index is 0.346. The Hall–Kier alpha value is -2.13. The van der Waals surface area contributed by atoms with Gasteiger partial charge in [-0.05, 0) is 37.4 Å². The molecule has 1 atom stereocenters. The van der Waals surface area contributed by atoms with Gasteiger partial charge in [-0.25, -0.2) is 0 Å². The predicted octanol–water partition coefficient (Wildman–Crippen LogP) is 2.15. The average Bonchev–Trinajstić information content (AvgIpc) is 2.94. The molecule has 0 radical (unpaired) electrons. The third-order valence-electron chi connectivity index (χ3n) is 4.60. The molecule has 0 unspecified atom stereocenters. The van der Waals surface area contributed by atoms with Crippen LogP contribution in [-0.4, -0.2) is 32.7 Å². The largest absolute Gasteiger partial charge is 0.342 e. The van der Waals surface area contributed by atoms with Crippen LogP contribution in [0.5, 0.6) is 0 Å². The van der Waals surface area contributed by atoms with Crippen molar-refractivity contribution < 1.29 is 4.52 Å². The molecule has 1 aliphatic carbocycles. The van der Waals surface area contributed by atoms with E-state index in [1.165, 1.54) is 18.4 Å². The SMILES string of the molecule is Cn1cc(CN2CC[C@@H](c3nc(C4CC4)no3)C2)cc1C#N. The molecule has 0 N–H and O–H groups in total. The van der Waals surface area contributed by atoms with Crippen molar-refractivity contribution in [2.75, 3.05) is 13.1 Å². The van der Waals surface area contributed by atoms with E-state index in [1.54, 1.807) is 0 Å². The molecule has 1 aliphatic heterocycles. The highest BCUT2D eigenvalue weighted by Gasteiger charge is 2.32. The van der Waals surface area contributed by atoms with Crippen LogP contribution in [0, 0.1) is 11.3 Å². The van der Waals surface area contributed by atoms with Crippen molar-refractivity contribution in [3.63, 3.8) is 0 Å². The second-order valence-electron chi connectivity index (χ2n) is 6.44. The molecule has 2 aliphatic rings. The Bertz CT molecular complexity index is 721. The van der Waals surface area contributed by atoms with E-state index in [-0.39, 0.29) is 0 Å². The number of aromatic nitrogens is 3. The van der Waals surface area contributed by atoms with E-state index in [0.29, 0.717) is 17.5 Å². The summed E-state index contributed by atoms with van der Waals surface area (Å²) in [6.45, 7) is 2.85. The minimum absolute atomic E-state index is 0.346. The molecule has 22 heavy (non-hydrogen) atoms. The summed E-state index contributed by atoms with van der Waals surface area (Å²) in [6.07, 6.45) is 5.49. The van der Waals surface area contributed by atoms with E-state index >= 15 is 0 Å². The Balaban J connectivity index is 1.40. The fourth-order valence-corrected chi connectivity index (χ4v) is 3.19. The molecular weight excluding hydrogens is 278 g/mol. The molecule has 0 amide bonds. The number of aryl methyl sites for hydroxylation is 1. The standard InChI is InChI=1S/C16H19N5O/c1-20-8-11(6-14(20)7-17)9-21-5-4-13(10-21)16-18-15(19-22-16)12-2-3-12/h6,8,12-13H,2-5,9-10H2,1H3/t13-/m1/s1. The Morgan fingerprint density at radius 3 is 2.95 bits per heavy atom. The summed E-state index contributed by atoms with van der Waals surface area (Å²) >= 11 is 0. The highest BCUT2D eigenvalue weighted by atomic mass is 16.5. The van der Waals surface area contributed by atoms with Crippen molar-refractivity contribution in [3.05, 3.63) is 35.2 Å². The maximum Gasteiger partial charge on any atom is 0.231 e. The van der Waals surface area contributed by atoms with E-state index < -0.39 is 0 Å². The molecule has 0 aromatic carbocycles. The number of nitrogens with zero attached hydrogens (tertiary/aromatic N) is 5. The van der Waals surface area contributed by atoms with Crippen LogP contribution in [0.15, 0.2) is 16.8 Å². The van der Waals surface area contributed by atoms with Gasteiger partial charge in [-0.2, -0.15) is 10.2 Å². The van der Waals surface area contributed by atoms with E-state index in [4.69, 9.17) is 9.78 Å².